The second-order valence-electron chi connectivity index (χ2n) is 1.62. The lowest BCUT2D eigenvalue weighted by Gasteiger charge is -2.22. The Hall–Kier alpha value is -0.690. The SMILES string of the molecule is NS(O)(O)c1ncccn1. The monoisotopic (exact) mass is 161 g/mol. The van der Waals surface area contributed by atoms with Crippen molar-refractivity contribution < 1.29 is 9.11 Å². The Balaban J connectivity index is 2.97. The van der Waals surface area contributed by atoms with Crippen molar-refractivity contribution in [3.05, 3.63) is 18.5 Å². The summed E-state index contributed by atoms with van der Waals surface area (Å²) >= 11 is 0. The predicted molar refractivity (Wildman–Crippen MR) is 37.3 cm³/mol. The van der Waals surface area contributed by atoms with E-state index in [0.29, 0.717) is 0 Å². The van der Waals surface area contributed by atoms with E-state index in [1.54, 1.807) is 6.07 Å². The van der Waals surface area contributed by atoms with Crippen molar-refractivity contribution in [2.75, 3.05) is 0 Å². The van der Waals surface area contributed by atoms with Gasteiger partial charge in [0.25, 0.3) is 5.16 Å². The summed E-state index contributed by atoms with van der Waals surface area (Å²) in [5.41, 5.74) is 0. The Morgan fingerprint density at radius 2 is 1.80 bits per heavy atom. The van der Waals surface area contributed by atoms with Crippen LogP contribution in [0.3, 0.4) is 0 Å². The van der Waals surface area contributed by atoms with Crippen LogP contribution in [0.4, 0.5) is 0 Å². The van der Waals surface area contributed by atoms with Crippen LogP contribution < -0.4 is 5.14 Å². The number of hydrogen-bond donors (Lipinski definition) is 3. The van der Waals surface area contributed by atoms with E-state index >= 15 is 0 Å². The zero-order valence-corrected chi connectivity index (χ0v) is 5.82. The zero-order valence-electron chi connectivity index (χ0n) is 5.01. The maximum absolute atomic E-state index is 8.78. The highest BCUT2D eigenvalue weighted by molar-refractivity contribution is 8.22. The highest BCUT2D eigenvalue weighted by Crippen LogP contribution is 2.35. The van der Waals surface area contributed by atoms with E-state index in [1.165, 1.54) is 12.4 Å². The van der Waals surface area contributed by atoms with Gasteiger partial charge in [0.05, 0.1) is 0 Å². The number of nitrogens with zero attached hydrogens (tertiary/aromatic N) is 2. The molecule has 0 saturated carbocycles. The Bertz CT molecular complexity index is 209. The third-order valence-corrected chi connectivity index (χ3v) is 1.56. The topological polar surface area (TPSA) is 92.3 Å². The standard InChI is InChI=1S/C4H7N3O2S/c5-10(8,9)4-6-2-1-3-7-4/h1-3,8-9H,5H2. The lowest BCUT2D eigenvalue weighted by Crippen LogP contribution is -2.11. The molecule has 5 nitrogen and oxygen atoms in total. The van der Waals surface area contributed by atoms with E-state index in [9.17, 15) is 0 Å². The molecule has 0 aliphatic heterocycles. The second-order valence-corrected chi connectivity index (χ2v) is 3.18. The molecule has 0 aliphatic rings. The summed E-state index contributed by atoms with van der Waals surface area (Å²) in [5.74, 6) is 0. The van der Waals surface area contributed by atoms with Gasteiger partial charge in [-0.2, -0.15) is 0 Å². The van der Waals surface area contributed by atoms with Crippen LogP contribution in [0.15, 0.2) is 23.6 Å². The molecule has 1 aromatic rings. The van der Waals surface area contributed by atoms with Crippen molar-refractivity contribution in [2.24, 2.45) is 5.14 Å². The van der Waals surface area contributed by atoms with Crippen molar-refractivity contribution in [1.82, 2.24) is 9.97 Å². The summed E-state index contributed by atoms with van der Waals surface area (Å²) in [6, 6.07) is 1.56. The fraction of sp³-hybridized carbons (Fsp3) is 0. The van der Waals surface area contributed by atoms with Crippen LogP contribution in [0, 0.1) is 0 Å². The first-order valence-electron chi connectivity index (χ1n) is 2.44. The van der Waals surface area contributed by atoms with Crippen LogP contribution in [0.2, 0.25) is 0 Å². The largest absolute Gasteiger partial charge is 0.279 e. The van der Waals surface area contributed by atoms with Gasteiger partial charge >= 0.3 is 0 Å². The fourth-order valence-corrected chi connectivity index (χ4v) is 0.873. The van der Waals surface area contributed by atoms with Gasteiger partial charge in [-0.1, -0.05) is 10.8 Å². The molecule has 0 saturated heterocycles. The van der Waals surface area contributed by atoms with Crippen molar-refractivity contribution in [3.8, 4) is 0 Å². The average Bonchev–Trinajstić information content (AvgIpc) is 1.88. The molecule has 4 N–H and O–H groups in total. The van der Waals surface area contributed by atoms with Gasteiger partial charge in [-0.3, -0.25) is 9.11 Å². The number of nitrogens with two attached hydrogens (primary N) is 1. The van der Waals surface area contributed by atoms with Crippen LogP contribution in [0.1, 0.15) is 0 Å². The first-order valence-corrected chi connectivity index (χ1v) is 4.05. The first kappa shape index (κ1) is 7.42. The number of aromatic nitrogens is 2. The summed E-state index contributed by atoms with van der Waals surface area (Å²) in [5, 5.41) is 4.80. The quantitative estimate of drug-likeness (QED) is 0.520. The molecule has 0 unspecified atom stereocenters. The summed E-state index contributed by atoms with van der Waals surface area (Å²) < 4.78 is 17.6. The Morgan fingerprint density at radius 1 is 1.30 bits per heavy atom. The van der Waals surface area contributed by atoms with Crippen LogP contribution >= 0.6 is 10.8 Å². The van der Waals surface area contributed by atoms with Crippen LogP contribution in [0.25, 0.3) is 0 Å². The van der Waals surface area contributed by atoms with E-state index in [1.807, 2.05) is 0 Å². The smallest absolute Gasteiger partial charge is 0.256 e. The van der Waals surface area contributed by atoms with E-state index in [0.717, 1.165) is 0 Å². The molecule has 56 valence electrons. The van der Waals surface area contributed by atoms with E-state index < -0.39 is 10.8 Å². The van der Waals surface area contributed by atoms with E-state index in [4.69, 9.17) is 14.2 Å². The Kier molecular flexibility index (Phi) is 1.86. The molecule has 0 aliphatic carbocycles. The molecule has 6 heteroatoms. The molecule has 10 heavy (non-hydrogen) atoms. The minimum absolute atomic E-state index is 0.130. The maximum Gasteiger partial charge on any atom is 0.256 e. The van der Waals surface area contributed by atoms with Crippen molar-refractivity contribution in [1.29, 1.82) is 0 Å². The van der Waals surface area contributed by atoms with E-state index in [-0.39, 0.29) is 5.16 Å². The van der Waals surface area contributed by atoms with Gasteiger partial charge in [0, 0.05) is 12.4 Å². The third-order valence-electron chi connectivity index (χ3n) is 0.811. The maximum atomic E-state index is 8.78. The lowest BCUT2D eigenvalue weighted by molar-refractivity contribution is 0.479. The highest BCUT2D eigenvalue weighted by atomic mass is 32.3. The average molecular weight is 161 g/mol. The number of rotatable bonds is 1. The van der Waals surface area contributed by atoms with Crippen molar-refractivity contribution >= 4 is 10.8 Å². The fourth-order valence-electron chi connectivity index (χ4n) is 0.441. The highest BCUT2D eigenvalue weighted by Gasteiger charge is 2.10. The van der Waals surface area contributed by atoms with Crippen LogP contribution in [-0.2, 0) is 0 Å². The molecule has 0 amide bonds. The van der Waals surface area contributed by atoms with Gasteiger partial charge in [0.2, 0.25) is 0 Å². The molecule has 0 bridgehead atoms. The summed E-state index contributed by atoms with van der Waals surface area (Å²) in [4.78, 5) is 7.10. The van der Waals surface area contributed by atoms with Crippen LogP contribution in [0.5, 0.6) is 0 Å². The van der Waals surface area contributed by atoms with Crippen LogP contribution in [-0.4, -0.2) is 19.1 Å². The summed E-state index contributed by atoms with van der Waals surface area (Å²) in [7, 11) is -3.23. The number of hydrogen-bond acceptors (Lipinski definition) is 5. The molecule has 1 rings (SSSR count). The molecule has 0 fully saturated rings. The molecule has 0 spiro atoms. The molecule has 0 atom stereocenters. The normalized spacial score (nSPS) is 13.1. The Labute approximate surface area is 59.4 Å². The lowest BCUT2D eigenvalue weighted by atomic mass is 10.7. The predicted octanol–water partition coefficient (Wildman–Crippen LogP) is 0.460. The van der Waals surface area contributed by atoms with E-state index in [2.05, 4.69) is 9.97 Å². The molecule has 0 aromatic carbocycles. The van der Waals surface area contributed by atoms with Gasteiger partial charge in [0.15, 0.2) is 0 Å². The Morgan fingerprint density at radius 3 is 2.10 bits per heavy atom. The minimum Gasteiger partial charge on any atom is -0.279 e. The summed E-state index contributed by atoms with van der Waals surface area (Å²) in [6.07, 6.45) is 2.78. The van der Waals surface area contributed by atoms with Crippen molar-refractivity contribution in [2.45, 2.75) is 5.16 Å². The molecule has 0 radical (unpaired) electrons. The first-order chi connectivity index (χ1) is 4.61. The molecule has 1 heterocycles. The van der Waals surface area contributed by atoms with Gasteiger partial charge < -0.3 is 0 Å². The van der Waals surface area contributed by atoms with Crippen molar-refractivity contribution in [3.63, 3.8) is 0 Å². The van der Waals surface area contributed by atoms with Gasteiger partial charge in [-0.05, 0) is 6.07 Å². The third kappa shape index (κ3) is 1.64. The summed E-state index contributed by atoms with van der Waals surface area (Å²) in [6.45, 7) is 0. The molecular weight excluding hydrogens is 154 g/mol. The second kappa shape index (κ2) is 2.51. The minimum atomic E-state index is -3.23. The zero-order chi connectivity index (χ0) is 7.61. The van der Waals surface area contributed by atoms with Gasteiger partial charge in [-0.25, -0.2) is 15.1 Å². The molecular formula is C4H7N3O2S. The molecule has 1 aromatic heterocycles. The van der Waals surface area contributed by atoms with Gasteiger partial charge in [-0.15, -0.1) is 0 Å². The van der Waals surface area contributed by atoms with Gasteiger partial charge in [0.1, 0.15) is 0 Å².